The molecule has 0 radical (unpaired) electrons. The molecule has 8 nitrogen and oxygen atoms in total. The van der Waals surface area contributed by atoms with Crippen LogP contribution in [0, 0.1) is 0 Å². The predicted octanol–water partition coefficient (Wildman–Crippen LogP) is 4.28. The highest BCUT2D eigenvalue weighted by Crippen LogP contribution is 2.30. The van der Waals surface area contributed by atoms with Gasteiger partial charge in [0.15, 0.2) is 5.82 Å². The Hall–Kier alpha value is -3.36. The third kappa shape index (κ3) is 4.58. The molecule has 0 aliphatic carbocycles. The molecular formula is C24H24ClN5O3. The first-order valence-electron chi connectivity index (χ1n) is 10.7. The van der Waals surface area contributed by atoms with E-state index in [0.717, 1.165) is 42.6 Å². The molecule has 1 aliphatic rings. The summed E-state index contributed by atoms with van der Waals surface area (Å²) in [7, 11) is 3.22. The average Bonchev–Trinajstić information content (AvgIpc) is 3.32. The van der Waals surface area contributed by atoms with Crippen molar-refractivity contribution in [1.82, 2.24) is 20.0 Å². The number of halogens is 1. The molecule has 1 aliphatic heterocycles. The van der Waals surface area contributed by atoms with Gasteiger partial charge in [-0.1, -0.05) is 16.8 Å². The van der Waals surface area contributed by atoms with Crippen molar-refractivity contribution >= 4 is 28.2 Å². The summed E-state index contributed by atoms with van der Waals surface area (Å²) in [6.07, 6.45) is 1.84. The lowest BCUT2D eigenvalue weighted by Gasteiger charge is -2.36. The van der Waals surface area contributed by atoms with Gasteiger partial charge in [0.25, 0.3) is 5.89 Å². The molecule has 0 bridgehead atoms. The van der Waals surface area contributed by atoms with E-state index >= 15 is 0 Å². The van der Waals surface area contributed by atoms with E-state index in [-0.39, 0.29) is 0 Å². The Morgan fingerprint density at radius 3 is 2.45 bits per heavy atom. The zero-order valence-corrected chi connectivity index (χ0v) is 19.2. The van der Waals surface area contributed by atoms with Crippen LogP contribution >= 0.6 is 11.6 Å². The molecule has 3 heterocycles. The van der Waals surface area contributed by atoms with Gasteiger partial charge in [0.2, 0.25) is 0 Å². The van der Waals surface area contributed by atoms with E-state index in [9.17, 15) is 0 Å². The van der Waals surface area contributed by atoms with Gasteiger partial charge < -0.3 is 18.9 Å². The SMILES string of the molecule is COc1cc(OC)cc(-c2nc(CN3CCN(c4ccnc5cc(Cl)ccc45)CC3)no2)c1. The third-order valence-corrected chi connectivity index (χ3v) is 6.06. The Labute approximate surface area is 196 Å². The van der Waals surface area contributed by atoms with Gasteiger partial charge in [-0.15, -0.1) is 0 Å². The van der Waals surface area contributed by atoms with Crippen LogP contribution in [0.2, 0.25) is 5.02 Å². The van der Waals surface area contributed by atoms with E-state index in [2.05, 4.69) is 31.0 Å². The molecule has 2 aromatic carbocycles. The molecule has 5 rings (SSSR count). The lowest BCUT2D eigenvalue weighted by atomic mass is 10.1. The van der Waals surface area contributed by atoms with Crippen LogP contribution in [0.15, 0.2) is 53.2 Å². The van der Waals surface area contributed by atoms with Gasteiger partial charge in [0, 0.05) is 60.1 Å². The van der Waals surface area contributed by atoms with Crippen molar-refractivity contribution in [3.63, 3.8) is 0 Å². The highest BCUT2D eigenvalue weighted by atomic mass is 35.5. The fourth-order valence-electron chi connectivity index (χ4n) is 4.10. The van der Waals surface area contributed by atoms with Crippen molar-refractivity contribution in [2.24, 2.45) is 0 Å². The molecule has 1 saturated heterocycles. The van der Waals surface area contributed by atoms with Crippen LogP contribution in [0.4, 0.5) is 5.69 Å². The Balaban J connectivity index is 1.25. The summed E-state index contributed by atoms with van der Waals surface area (Å²) in [6.45, 7) is 4.23. The smallest absolute Gasteiger partial charge is 0.258 e. The van der Waals surface area contributed by atoms with Crippen LogP contribution in [-0.2, 0) is 6.54 Å². The van der Waals surface area contributed by atoms with E-state index in [4.69, 9.17) is 25.6 Å². The number of methoxy groups -OCH3 is 2. The van der Waals surface area contributed by atoms with E-state index in [0.29, 0.717) is 34.8 Å². The normalized spacial score (nSPS) is 14.6. The molecule has 0 spiro atoms. The van der Waals surface area contributed by atoms with Crippen molar-refractivity contribution < 1.29 is 14.0 Å². The molecule has 0 unspecified atom stereocenters. The van der Waals surface area contributed by atoms with Gasteiger partial charge in [0.1, 0.15) is 11.5 Å². The fraction of sp³-hybridized carbons (Fsp3) is 0.292. The lowest BCUT2D eigenvalue weighted by molar-refractivity contribution is 0.240. The first-order valence-corrected chi connectivity index (χ1v) is 11.1. The number of benzene rings is 2. The summed E-state index contributed by atoms with van der Waals surface area (Å²) in [5, 5.41) is 6.00. The number of pyridine rings is 1. The molecule has 4 aromatic rings. The van der Waals surface area contributed by atoms with Crippen LogP contribution in [0.3, 0.4) is 0 Å². The number of rotatable bonds is 6. The quantitative estimate of drug-likeness (QED) is 0.417. The molecule has 0 saturated carbocycles. The molecule has 170 valence electrons. The standard InChI is InChI=1S/C24H24ClN5O3/c1-31-18-11-16(12-19(14-18)32-2)24-27-23(28-33-24)15-29-7-9-30(10-8-29)22-5-6-26-21-13-17(25)3-4-20(21)22/h3-6,11-14H,7-10,15H2,1-2H3. The van der Waals surface area contributed by atoms with Crippen LogP contribution in [0.5, 0.6) is 11.5 Å². The largest absolute Gasteiger partial charge is 0.497 e. The maximum absolute atomic E-state index is 6.13. The maximum Gasteiger partial charge on any atom is 0.258 e. The first-order chi connectivity index (χ1) is 16.1. The first kappa shape index (κ1) is 21.5. The summed E-state index contributed by atoms with van der Waals surface area (Å²) in [4.78, 5) is 13.8. The summed E-state index contributed by atoms with van der Waals surface area (Å²) >= 11 is 6.13. The van der Waals surface area contributed by atoms with Gasteiger partial charge in [0.05, 0.1) is 26.3 Å². The minimum Gasteiger partial charge on any atom is -0.497 e. The maximum atomic E-state index is 6.13. The zero-order chi connectivity index (χ0) is 22.8. The number of hydrogen-bond acceptors (Lipinski definition) is 8. The number of piperazine rings is 1. The highest BCUT2D eigenvalue weighted by molar-refractivity contribution is 6.31. The monoisotopic (exact) mass is 465 g/mol. The topological polar surface area (TPSA) is 76.8 Å². The van der Waals surface area contributed by atoms with Crippen LogP contribution in [0.1, 0.15) is 5.82 Å². The lowest BCUT2D eigenvalue weighted by Crippen LogP contribution is -2.46. The zero-order valence-electron chi connectivity index (χ0n) is 18.5. The molecule has 0 amide bonds. The van der Waals surface area contributed by atoms with Crippen LogP contribution in [0.25, 0.3) is 22.4 Å². The van der Waals surface area contributed by atoms with Gasteiger partial charge in [-0.3, -0.25) is 9.88 Å². The van der Waals surface area contributed by atoms with E-state index in [1.807, 2.05) is 36.5 Å². The second kappa shape index (κ2) is 9.25. The minimum absolute atomic E-state index is 0.447. The molecule has 2 aromatic heterocycles. The van der Waals surface area contributed by atoms with Gasteiger partial charge in [-0.25, -0.2) is 0 Å². The summed E-state index contributed by atoms with van der Waals surface area (Å²) in [6, 6.07) is 13.4. The Bertz CT molecular complexity index is 1250. The van der Waals surface area contributed by atoms with Gasteiger partial charge >= 0.3 is 0 Å². The molecule has 0 atom stereocenters. The van der Waals surface area contributed by atoms with Gasteiger partial charge in [-0.05, 0) is 36.4 Å². The highest BCUT2D eigenvalue weighted by Gasteiger charge is 2.21. The van der Waals surface area contributed by atoms with Crippen molar-refractivity contribution in [3.05, 3.63) is 59.5 Å². The molecule has 33 heavy (non-hydrogen) atoms. The van der Waals surface area contributed by atoms with Crippen LogP contribution in [-0.4, -0.2) is 60.4 Å². The van der Waals surface area contributed by atoms with Crippen molar-refractivity contribution in [2.75, 3.05) is 45.3 Å². The molecular weight excluding hydrogens is 442 g/mol. The molecule has 1 fully saturated rings. The summed E-state index contributed by atoms with van der Waals surface area (Å²) in [5.41, 5.74) is 2.86. The molecule has 0 N–H and O–H groups in total. The predicted molar refractivity (Wildman–Crippen MR) is 127 cm³/mol. The van der Waals surface area contributed by atoms with Crippen molar-refractivity contribution in [3.8, 4) is 23.0 Å². The van der Waals surface area contributed by atoms with E-state index in [1.165, 1.54) is 5.69 Å². The summed E-state index contributed by atoms with van der Waals surface area (Å²) in [5.74, 6) is 2.45. The summed E-state index contributed by atoms with van der Waals surface area (Å²) < 4.78 is 16.2. The number of aromatic nitrogens is 3. The Morgan fingerprint density at radius 1 is 0.970 bits per heavy atom. The van der Waals surface area contributed by atoms with E-state index in [1.54, 1.807) is 20.3 Å². The average molecular weight is 466 g/mol. The number of fused-ring (bicyclic) bond motifs is 1. The van der Waals surface area contributed by atoms with Crippen molar-refractivity contribution in [1.29, 1.82) is 0 Å². The number of ether oxygens (including phenoxy) is 2. The minimum atomic E-state index is 0.447. The van der Waals surface area contributed by atoms with E-state index < -0.39 is 0 Å². The van der Waals surface area contributed by atoms with Gasteiger partial charge in [-0.2, -0.15) is 4.98 Å². The Morgan fingerprint density at radius 2 is 1.73 bits per heavy atom. The van der Waals surface area contributed by atoms with Crippen molar-refractivity contribution in [2.45, 2.75) is 6.54 Å². The number of nitrogens with zero attached hydrogens (tertiary/aromatic N) is 5. The third-order valence-electron chi connectivity index (χ3n) is 5.83. The van der Waals surface area contributed by atoms with Crippen LogP contribution < -0.4 is 14.4 Å². The Kier molecular flexibility index (Phi) is 6.02. The number of anilines is 1. The number of hydrogen-bond donors (Lipinski definition) is 0. The fourth-order valence-corrected chi connectivity index (χ4v) is 4.26. The molecule has 9 heteroatoms. The second-order valence-corrected chi connectivity index (χ2v) is 8.31. The second-order valence-electron chi connectivity index (χ2n) is 7.87.